The number of H-pyrrole nitrogens is 1. The SMILES string of the molecule is CCOC(=O)c1ccc(NC(=O)CSc2nc3sc4c(c3c(=O)[nH]2)CCC4)cc1. The first kappa shape index (κ1) is 19.7. The second-order valence-electron chi connectivity index (χ2n) is 6.54. The van der Waals surface area contributed by atoms with Crippen LogP contribution >= 0.6 is 23.1 Å². The number of esters is 1. The summed E-state index contributed by atoms with van der Waals surface area (Å²) in [5.74, 6) is -0.514. The molecule has 2 aromatic heterocycles. The van der Waals surface area contributed by atoms with Gasteiger partial charge in [0, 0.05) is 10.6 Å². The number of aryl methyl sites for hydroxylation is 2. The smallest absolute Gasteiger partial charge is 0.338 e. The van der Waals surface area contributed by atoms with Crippen LogP contribution in [0.5, 0.6) is 0 Å². The zero-order valence-electron chi connectivity index (χ0n) is 15.7. The number of fused-ring (bicyclic) bond motifs is 3. The summed E-state index contributed by atoms with van der Waals surface area (Å²) in [6.45, 7) is 2.06. The number of hydrogen-bond acceptors (Lipinski definition) is 7. The number of benzene rings is 1. The average molecular weight is 430 g/mol. The number of ether oxygens (including phenoxy) is 1. The molecule has 0 radical (unpaired) electrons. The van der Waals surface area contributed by atoms with Crippen molar-refractivity contribution in [3.05, 3.63) is 50.6 Å². The van der Waals surface area contributed by atoms with E-state index < -0.39 is 5.97 Å². The van der Waals surface area contributed by atoms with Gasteiger partial charge < -0.3 is 15.0 Å². The van der Waals surface area contributed by atoms with E-state index in [0.29, 0.717) is 28.4 Å². The summed E-state index contributed by atoms with van der Waals surface area (Å²) in [4.78, 5) is 45.6. The summed E-state index contributed by atoms with van der Waals surface area (Å²) < 4.78 is 4.93. The van der Waals surface area contributed by atoms with Crippen molar-refractivity contribution >= 4 is 50.9 Å². The molecule has 1 aromatic carbocycles. The number of rotatable bonds is 6. The van der Waals surface area contributed by atoms with E-state index in [1.807, 2.05) is 0 Å². The summed E-state index contributed by atoms with van der Waals surface area (Å²) in [6.07, 6.45) is 3.04. The third kappa shape index (κ3) is 4.20. The summed E-state index contributed by atoms with van der Waals surface area (Å²) in [7, 11) is 0. The lowest BCUT2D eigenvalue weighted by molar-refractivity contribution is -0.113. The molecule has 29 heavy (non-hydrogen) atoms. The summed E-state index contributed by atoms with van der Waals surface area (Å²) >= 11 is 2.76. The van der Waals surface area contributed by atoms with E-state index in [9.17, 15) is 14.4 Å². The summed E-state index contributed by atoms with van der Waals surface area (Å²) in [6, 6.07) is 6.50. The number of hydrogen-bond donors (Lipinski definition) is 2. The number of anilines is 1. The molecule has 1 amide bonds. The largest absolute Gasteiger partial charge is 0.462 e. The van der Waals surface area contributed by atoms with Gasteiger partial charge in [-0.3, -0.25) is 9.59 Å². The molecule has 9 heteroatoms. The van der Waals surface area contributed by atoms with E-state index >= 15 is 0 Å². The van der Waals surface area contributed by atoms with Crippen LogP contribution in [0, 0.1) is 0 Å². The lowest BCUT2D eigenvalue weighted by Gasteiger charge is -2.06. The number of carbonyl (C=O) groups is 2. The molecule has 0 saturated carbocycles. The first-order chi connectivity index (χ1) is 14.0. The fourth-order valence-electron chi connectivity index (χ4n) is 3.29. The predicted molar refractivity (Wildman–Crippen MR) is 114 cm³/mol. The molecule has 7 nitrogen and oxygen atoms in total. The highest BCUT2D eigenvalue weighted by atomic mass is 32.2. The van der Waals surface area contributed by atoms with Crippen LogP contribution in [0.3, 0.4) is 0 Å². The molecule has 0 atom stereocenters. The molecular weight excluding hydrogens is 410 g/mol. The molecular formula is C20H19N3O4S2. The fourth-order valence-corrected chi connectivity index (χ4v) is 5.27. The number of nitrogens with one attached hydrogen (secondary N) is 2. The third-order valence-corrected chi connectivity index (χ3v) is 6.63. The Hall–Kier alpha value is -2.65. The molecule has 0 fully saturated rings. The second kappa shape index (κ2) is 8.38. The second-order valence-corrected chi connectivity index (χ2v) is 8.59. The van der Waals surface area contributed by atoms with Crippen molar-refractivity contribution in [3.8, 4) is 0 Å². The molecule has 0 unspecified atom stereocenters. The topological polar surface area (TPSA) is 101 Å². The highest BCUT2D eigenvalue weighted by molar-refractivity contribution is 7.99. The molecule has 0 saturated heterocycles. The lowest BCUT2D eigenvalue weighted by atomic mass is 10.2. The van der Waals surface area contributed by atoms with Crippen LogP contribution in [0.1, 0.15) is 34.1 Å². The fraction of sp³-hybridized carbons (Fsp3) is 0.300. The maximum absolute atomic E-state index is 12.4. The van der Waals surface area contributed by atoms with Gasteiger partial charge in [-0.05, 0) is 56.0 Å². The Morgan fingerprint density at radius 3 is 2.83 bits per heavy atom. The Morgan fingerprint density at radius 1 is 1.28 bits per heavy atom. The van der Waals surface area contributed by atoms with E-state index in [2.05, 4.69) is 15.3 Å². The molecule has 4 rings (SSSR count). The molecule has 1 aliphatic carbocycles. The number of thioether (sulfide) groups is 1. The normalized spacial score (nSPS) is 12.7. The van der Waals surface area contributed by atoms with Crippen molar-refractivity contribution < 1.29 is 14.3 Å². The van der Waals surface area contributed by atoms with Gasteiger partial charge in [0.05, 0.1) is 23.3 Å². The van der Waals surface area contributed by atoms with Crippen molar-refractivity contribution in [1.29, 1.82) is 0 Å². The van der Waals surface area contributed by atoms with Crippen molar-refractivity contribution in [2.45, 2.75) is 31.3 Å². The van der Waals surface area contributed by atoms with Gasteiger partial charge in [-0.15, -0.1) is 11.3 Å². The van der Waals surface area contributed by atoms with Gasteiger partial charge in [-0.1, -0.05) is 11.8 Å². The van der Waals surface area contributed by atoms with Crippen molar-refractivity contribution in [3.63, 3.8) is 0 Å². The van der Waals surface area contributed by atoms with E-state index in [-0.39, 0.29) is 17.2 Å². The predicted octanol–water partition coefficient (Wildman–Crippen LogP) is 3.38. The van der Waals surface area contributed by atoms with Crippen molar-refractivity contribution in [1.82, 2.24) is 9.97 Å². The van der Waals surface area contributed by atoms with Crippen LogP contribution in [0.25, 0.3) is 10.2 Å². The van der Waals surface area contributed by atoms with Gasteiger partial charge in [0.2, 0.25) is 5.91 Å². The molecule has 2 heterocycles. The minimum atomic E-state index is -0.397. The van der Waals surface area contributed by atoms with E-state index in [0.717, 1.165) is 29.7 Å². The standard InChI is InChI=1S/C20H19N3O4S2/c1-2-27-19(26)11-6-8-12(9-7-11)21-15(24)10-28-20-22-17(25)16-13-4-3-5-14(13)29-18(16)23-20/h6-9H,2-5,10H2,1H3,(H,21,24)(H,22,23,25). The molecule has 0 spiro atoms. The minimum Gasteiger partial charge on any atom is -0.462 e. The van der Waals surface area contributed by atoms with E-state index in [1.54, 1.807) is 42.5 Å². The Kier molecular flexibility index (Phi) is 5.68. The van der Waals surface area contributed by atoms with Crippen LogP contribution in [-0.2, 0) is 22.4 Å². The zero-order valence-corrected chi connectivity index (χ0v) is 17.4. The molecule has 0 bridgehead atoms. The van der Waals surface area contributed by atoms with Crippen LogP contribution < -0.4 is 10.9 Å². The van der Waals surface area contributed by atoms with Gasteiger partial charge in [0.25, 0.3) is 5.56 Å². The van der Waals surface area contributed by atoms with Crippen molar-refractivity contribution in [2.75, 3.05) is 17.7 Å². The maximum Gasteiger partial charge on any atom is 0.338 e. The van der Waals surface area contributed by atoms with Crippen LogP contribution in [0.4, 0.5) is 5.69 Å². The van der Waals surface area contributed by atoms with Gasteiger partial charge in [0.1, 0.15) is 4.83 Å². The van der Waals surface area contributed by atoms with Crippen molar-refractivity contribution in [2.24, 2.45) is 0 Å². The Labute approximate surface area is 174 Å². The highest BCUT2D eigenvalue weighted by Crippen LogP contribution is 2.35. The first-order valence-electron chi connectivity index (χ1n) is 9.29. The van der Waals surface area contributed by atoms with Gasteiger partial charge in [-0.25, -0.2) is 9.78 Å². The highest BCUT2D eigenvalue weighted by Gasteiger charge is 2.21. The quantitative estimate of drug-likeness (QED) is 0.354. The Bertz CT molecular complexity index is 1140. The van der Waals surface area contributed by atoms with E-state index in [1.165, 1.54) is 16.6 Å². The number of thiophene rings is 1. The van der Waals surface area contributed by atoms with Gasteiger partial charge in [0.15, 0.2) is 5.16 Å². The molecule has 0 aliphatic heterocycles. The maximum atomic E-state index is 12.4. The van der Waals surface area contributed by atoms with Gasteiger partial charge >= 0.3 is 5.97 Å². The summed E-state index contributed by atoms with van der Waals surface area (Å²) in [5.41, 5.74) is 2.01. The van der Waals surface area contributed by atoms with Crippen LogP contribution in [-0.4, -0.2) is 34.2 Å². The zero-order chi connectivity index (χ0) is 20.4. The Morgan fingerprint density at radius 2 is 2.07 bits per heavy atom. The monoisotopic (exact) mass is 429 g/mol. The average Bonchev–Trinajstić information content (AvgIpc) is 3.28. The van der Waals surface area contributed by atoms with E-state index in [4.69, 9.17) is 4.74 Å². The number of amides is 1. The molecule has 2 N–H and O–H groups in total. The van der Waals surface area contributed by atoms with Crippen LogP contribution in [0.15, 0.2) is 34.2 Å². The third-order valence-electron chi connectivity index (χ3n) is 4.57. The van der Waals surface area contributed by atoms with Crippen LogP contribution in [0.2, 0.25) is 0 Å². The van der Waals surface area contributed by atoms with Gasteiger partial charge in [-0.2, -0.15) is 0 Å². The Balaban J connectivity index is 1.38. The summed E-state index contributed by atoms with van der Waals surface area (Å²) in [5, 5.41) is 3.91. The minimum absolute atomic E-state index is 0.110. The number of aromatic amines is 1. The first-order valence-corrected chi connectivity index (χ1v) is 11.1. The molecule has 150 valence electrons. The number of nitrogens with zero attached hydrogens (tertiary/aromatic N) is 1. The molecule has 3 aromatic rings. The molecule has 1 aliphatic rings. The number of carbonyl (C=O) groups excluding carboxylic acids is 2. The number of aromatic nitrogens is 2. The lowest BCUT2D eigenvalue weighted by Crippen LogP contribution is -2.15.